The highest BCUT2D eigenvalue weighted by molar-refractivity contribution is 5.85. The molecule has 4 N–H and O–H groups in total. The van der Waals surface area contributed by atoms with Gasteiger partial charge in [-0.3, -0.25) is 4.79 Å². The molecule has 1 amide bonds. The van der Waals surface area contributed by atoms with E-state index in [2.05, 4.69) is 15.3 Å². The van der Waals surface area contributed by atoms with Crippen LogP contribution in [0.3, 0.4) is 0 Å². The van der Waals surface area contributed by atoms with Gasteiger partial charge in [0.15, 0.2) is 0 Å². The molecule has 1 aromatic carbocycles. The number of hydrogen-bond donors (Lipinski definition) is 3. The molecule has 5 nitrogen and oxygen atoms in total. The standard InChI is InChI=1S/C14H20N4O.ClH/c1-3-8-14(2,15)13(19)16-9-12-17-10-6-4-5-7-11(10)18-12;/h4-7H,3,8-9,15H2,1-2H3,(H,16,19)(H,17,18);1H. The average molecular weight is 297 g/mol. The van der Waals surface area contributed by atoms with Crippen LogP contribution in [0, 0.1) is 0 Å². The molecule has 0 fully saturated rings. The van der Waals surface area contributed by atoms with Crippen molar-refractivity contribution in [2.45, 2.75) is 38.8 Å². The second kappa shape index (κ2) is 6.72. The fourth-order valence-electron chi connectivity index (χ4n) is 2.09. The van der Waals surface area contributed by atoms with E-state index in [0.717, 1.165) is 23.3 Å². The minimum atomic E-state index is -0.819. The number of nitrogens with two attached hydrogens (primary N) is 1. The predicted molar refractivity (Wildman–Crippen MR) is 82.7 cm³/mol. The van der Waals surface area contributed by atoms with Crippen molar-refractivity contribution in [1.82, 2.24) is 15.3 Å². The Balaban J connectivity index is 0.00000200. The number of para-hydroxylation sites is 2. The Labute approximate surface area is 124 Å². The van der Waals surface area contributed by atoms with Gasteiger partial charge in [-0.25, -0.2) is 4.98 Å². The van der Waals surface area contributed by atoms with Gasteiger partial charge in [0.05, 0.1) is 23.1 Å². The Morgan fingerprint density at radius 1 is 1.45 bits per heavy atom. The molecular formula is C14H21ClN4O. The molecular weight excluding hydrogens is 276 g/mol. The van der Waals surface area contributed by atoms with Crippen LogP contribution in [-0.4, -0.2) is 21.4 Å². The minimum Gasteiger partial charge on any atom is -0.347 e. The van der Waals surface area contributed by atoms with Crippen LogP contribution in [0.5, 0.6) is 0 Å². The maximum atomic E-state index is 12.0. The van der Waals surface area contributed by atoms with Crippen LogP contribution >= 0.6 is 12.4 Å². The minimum absolute atomic E-state index is 0. The maximum absolute atomic E-state index is 12.0. The number of aromatic amines is 1. The lowest BCUT2D eigenvalue weighted by Crippen LogP contribution is -2.51. The molecule has 0 spiro atoms. The number of hydrogen-bond acceptors (Lipinski definition) is 3. The van der Waals surface area contributed by atoms with Gasteiger partial charge in [0.1, 0.15) is 5.82 Å². The lowest BCUT2D eigenvalue weighted by atomic mass is 9.97. The number of benzene rings is 1. The third kappa shape index (κ3) is 3.71. The summed E-state index contributed by atoms with van der Waals surface area (Å²) in [6.45, 7) is 4.13. The number of carbonyl (C=O) groups excluding carboxylic acids is 1. The molecule has 0 bridgehead atoms. The quantitative estimate of drug-likeness (QED) is 0.790. The first-order valence-electron chi connectivity index (χ1n) is 6.54. The van der Waals surface area contributed by atoms with Gasteiger partial charge in [0, 0.05) is 0 Å². The topological polar surface area (TPSA) is 83.8 Å². The summed E-state index contributed by atoms with van der Waals surface area (Å²) in [5.41, 5.74) is 7.02. The number of amides is 1. The molecule has 0 saturated carbocycles. The maximum Gasteiger partial charge on any atom is 0.240 e. The number of H-pyrrole nitrogens is 1. The SMILES string of the molecule is CCCC(C)(N)C(=O)NCc1nc2ccccc2[nH]1.Cl. The van der Waals surface area contributed by atoms with E-state index < -0.39 is 5.54 Å². The molecule has 1 unspecified atom stereocenters. The number of aromatic nitrogens is 2. The lowest BCUT2D eigenvalue weighted by molar-refractivity contribution is -0.126. The van der Waals surface area contributed by atoms with Gasteiger partial charge < -0.3 is 16.0 Å². The van der Waals surface area contributed by atoms with Crippen LogP contribution in [0.15, 0.2) is 24.3 Å². The van der Waals surface area contributed by atoms with E-state index in [1.807, 2.05) is 31.2 Å². The lowest BCUT2D eigenvalue weighted by Gasteiger charge is -2.22. The monoisotopic (exact) mass is 296 g/mol. The highest BCUT2D eigenvalue weighted by Gasteiger charge is 2.26. The fraction of sp³-hybridized carbons (Fsp3) is 0.429. The number of fused-ring (bicyclic) bond motifs is 1. The number of nitrogens with one attached hydrogen (secondary N) is 2. The summed E-state index contributed by atoms with van der Waals surface area (Å²) in [4.78, 5) is 19.5. The zero-order chi connectivity index (χ0) is 13.9. The number of nitrogens with zero attached hydrogens (tertiary/aromatic N) is 1. The average Bonchev–Trinajstić information content (AvgIpc) is 2.78. The van der Waals surface area contributed by atoms with Crippen LogP contribution < -0.4 is 11.1 Å². The molecule has 2 rings (SSSR count). The molecule has 1 heterocycles. The van der Waals surface area contributed by atoms with Crippen molar-refractivity contribution in [3.05, 3.63) is 30.1 Å². The van der Waals surface area contributed by atoms with Gasteiger partial charge in [-0.15, -0.1) is 12.4 Å². The zero-order valence-corrected chi connectivity index (χ0v) is 12.6. The van der Waals surface area contributed by atoms with E-state index in [4.69, 9.17) is 5.73 Å². The van der Waals surface area contributed by atoms with Crippen LogP contribution in [0.1, 0.15) is 32.5 Å². The van der Waals surface area contributed by atoms with E-state index in [1.54, 1.807) is 6.92 Å². The van der Waals surface area contributed by atoms with Gasteiger partial charge in [-0.1, -0.05) is 25.5 Å². The third-order valence-electron chi connectivity index (χ3n) is 3.14. The molecule has 0 aliphatic rings. The van der Waals surface area contributed by atoms with Crippen LogP contribution in [-0.2, 0) is 11.3 Å². The molecule has 1 aromatic heterocycles. The summed E-state index contributed by atoms with van der Waals surface area (Å²) < 4.78 is 0. The first-order chi connectivity index (χ1) is 9.03. The Bertz CT molecular complexity index is 546. The Morgan fingerprint density at radius 2 is 2.15 bits per heavy atom. The first kappa shape index (κ1) is 16.5. The second-order valence-electron chi connectivity index (χ2n) is 5.05. The van der Waals surface area contributed by atoms with E-state index in [-0.39, 0.29) is 18.3 Å². The smallest absolute Gasteiger partial charge is 0.240 e. The Kier molecular flexibility index (Phi) is 5.53. The van der Waals surface area contributed by atoms with Crippen molar-refractivity contribution in [3.8, 4) is 0 Å². The first-order valence-corrected chi connectivity index (χ1v) is 6.54. The van der Waals surface area contributed by atoms with E-state index >= 15 is 0 Å². The van der Waals surface area contributed by atoms with Gasteiger partial charge in [0.25, 0.3) is 0 Å². The molecule has 0 radical (unpaired) electrons. The number of halogens is 1. The summed E-state index contributed by atoms with van der Waals surface area (Å²) in [5.74, 6) is 0.594. The highest BCUT2D eigenvalue weighted by atomic mass is 35.5. The second-order valence-corrected chi connectivity index (χ2v) is 5.05. The Hall–Kier alpha value is -1.59. The summed E-state index contributed by atoms with van der Waals surface area (Å²) >= 11 is 0. The van der Waals surface area contributed by atoms with Crippen LogP contribution in [0.2, 0.25) is 0 Å². The van der Waals surface area contributed by atoms with Gasteiger partial charge >= 0.3 is 0 Å². The molecule has 1 atom stereocenters. The molecule has 0 aliphatic heterocycles. The van der Waals surface area contributed by atoms with Crippen molar-refractivity contribution < 1.29 is 4.79 Å². The van der Waals surface area contributed by atoms with Crippen molar-refractivity contribution in [1.29, 1.82) is 0 Å². The van der Waals surface area contributed by atoms with Crippen molar-refractivity contribution in [3.63, 3.8) is 0 Å². The third-order valence-corrected chi connectivity index (χ3v) is 3.14. The predicted octanol–water partition coefficient (Wildman–Crippen LogP) is 2.12. The normalized spacial score (nSPS) is 13.6. The van der Waals surface area contributed by atoms with Gasteiger partial charge in [-0.2, -0.15) is 0 Å². The largest absolute Gasteiger partial charge is 0.347 e. The van der Waals surface area contributed by atoms with E-state index in [0.29, 0.717) is 13.0 Å². The van der Waals surface area contributed by atoms with E-state index in [9.17, 15) is 4.79 Å². The zero-order valence-electron chi connectivity index (χ0n) is 11.8. The highest BCUT2D eigenvalue weighted by Crippen LogP contribution is 2.11. The molecule has 0 aliphatic carbocycles. The number of imidazole rings is 1. The fourth-order valence-corrected chi connectivity index (χ4v) is 2.09. The molecule has 2 aromatic rings. The van der Waals surface area contributed by atoms with Crippen molar-refractivity contribution >= 4 is 29.3 Å². The molecule has 6 heteroatoms. The number of rotatable bonds is 5. The van der Waals surface area contributed by atoms with Crippen LogP contribution in [0.25, 0.3) is 11.0 Å². The molecule has 20 heavy (non-hydrogen) atoms. The van der Waals surface area contributed by atoms with E-state index in [1.165, 1.54) is 0 Å². The summed E-state index contributed by atoms with van der Waals surface area (Å²) in [6.07, 6.45) is 1.55. The number of carbonyl (C=O) groups is 1. The summed E-state index contributed by atoms with van der Waals surface area (Å²) in [7, 11) is 0. The van der Waals surface area contributed by atoms with Gasteiger partial charge in [-0.05, 0) is 25.5 Å². The summed E-state index contributed by atoms with van der Waals surface area (Å²) in [6, 6.07) is 7.77. The van der Waals surface area contributed by atoms with Crippen LogP contribution in [0.4, 0.5) is 0 Å². The Morgan fingerprint density at radius 3 is 2.80 bits per heavy atom. The van der Waals surface area contributed by atoms with Gasteiger partial charge in [0.2, 0.25) is 5.91 Å². The van der Waals surface area contributed by atoms with Crippen molar-refractivity contribution in [2.24, 2.45) is 5.73 Å². The molecule has 0 saturated heterocycles. The van der Waals surface area contributed by atoms with Crippen molar-refractivity contribution in [2.75, 3.05) is 0 Å². The molecule has 110 valence electrons. The summed E-state index contributed by atoms with van der Waals surface area (Å²) in [5, 5.41) is 2.83.